The molecule has 0 aliphatic carbocycles. The zero-order valence-corrected chi connectivity index (χ0v) is 10.4. The Morgan fingerprint density at radius 3 is 2.76 bits per heavy atom. The number of hydrogen-bond donors (Lipinski definition) is 1. The lowest BCUT2D eigenvalue weighted by Gasteiger charge is -2.15. The maximum atomic E-state index is 11.8. The molecule has 0 saturated carbocycles. The molecule has 1 heterocycles. The molecule has 0 bridgehead atoms. The van der Waals surface area contributed by atoms with Crippen LogP contribution in [0.3, 0.4) is 0 Å². The van der Waals surface area contributed by atoms with Crippen LogP contribution in [0.4, 0.5) is 13.2 Å². The minimum atomic E-state index is -4.24. The Morgan fingerprint density at radius 2 is 2.24 bits per heavy atom. The minimum Gasteiger partial charge on any atom is -0.371 e. The minimum absolute atomic E-state index is 0.0708. The summed E-state index contributed by atoms with van der Waals surface area (Å²) in [7, 11) is 0. The highest BCUT2D eigenvalue weighted by Gasteiger charge is 2.27. The zero-order chi connectivity index (χ0) is 12.7. The van der Waals surface area contributed by atoms with Crippen LogP contribution in [0.25, 0.3) is 0 Å². The van der Waals surface area contributed by atoms with Crippen molar-refractivity contribution in [3.63, 3.8) is 0 Å². The second kappa shape index (κ2) is 6.98. The molecule has 98 valence electrons. The Kier molecular flexibility index (Phi) is 5.94. The highest BCUT2D eigenvalue weighted by molar-refractivity contribution is 7.10. The summed E-state index contributed by atoms with van der Waals surface area (Å²) in [6.07, 6.45) is -3.34. The predicted molar refractivity (Wildman–Crippen MR) is 62.2 cm³/mol. The molecular weight excluding hydrogens is 251 g/mol. The van der Waals surface area contributed by atoms with E-state index in [0.717, 1.165) is 6.42 Å². The number of nitrogens with one attached hydrogen (secondary N) is 1. The first-order valence-corrected chi connectivity index (χ1v) is 6.32. The molecule has 0 fully saturated rings. The quantitative estimate of drug-likeness (QED) is 0.765. The van der Waals surface area contributed by atoms with Gasteiger partial charge in [-0.25, -0.2) is 0 Å². The van der Waals surface area contributed by atoms with Gasteiger partial charge >= 0.3 is 6.18 Å². The van der Waals surface area contributed by atoms with Gasteiger partial charge in [-0.15, -0.1) is 11.3 Å². The van der Waals surface area contributed by atoms with Gasteiger partial charge in [0.2, 0.25) is 0 Å². The van der Waals surface area contributed by atoms with Gasteiger partial charge in [-0.1, -0.05) is 13.0 Å². The summed E-state index contributed by atoms with van der Waals surface area (Å²) in [5, 5.41) is 5.16. The van der Waals surface area contributed by atoms with Gasteiger partial charge in [-0.2, -0.15) is 13.2 Å². The number of ether oxygens (including phenoxy) is 1. The van der Waals surface area contributed by atoms with Crippen molar-refractivity contribution < 1.29 is 17.9 Å². The zero-order valence-electron chi connectivity index (χ0n) is 9.59. The van der Waals surface area contributed by atoms with Crippen molar-refractivity contribution in [3.8, 4) is 0 Å². The van der Waals surface area contributed by atoms with Crippen LogP contribution >= 0.6 is 11.3 Å². The molecule has 1 aromatic rings. The molecule has 0 spiro atoms. The summed E-state index contributed by atoms with van der Waals surface area (Å²) in [5.41, 5.74) is 0. The van der Waals surface area contributed by atoms with E-state index in [2.05, 4.69) is 10.1 Å². The second-order valence-corrected chi connectivity index (χ2v) is 4.58. The van der Waals surface area contributed by atoms with E-state index in [9.17, 15) is 13.2 Å². The molecule has 0 aliphatic heterocycles. The molecule has 1 N–H and O–H groups in total. The highest BCUT2D eigenvalue weighted by Crippen LogP contribution is 2.21. The molecule has 1 aromatic heterocycles. The third-order valence-electron chi connectivity index (χ3n) is 2.20. The van der Waals surface area contributed by atoms with Crippen molar-refractivity contribution in [3.05, 3.63) is 22.4 Å². The normalized spacial score (nSPS) is 13.9. The van der Waals surface area contributed by atoms with Crippen LogP contribution in [0.15, 0.2) is 17.5 Å². The Hall–Kier alpha value is -0.590. The summed E-state index contributed by atoms with van der Waals surface area (Å²) in [6, 6.07) is 4.18. The van der Waals surface area contributed by atoms with Crippen LogP contribution in [0, 0.1) is 0 Å². The Bertz CT molecular complexity index is 300. The van der Waals surface area contributed by atoms with Crippen LogP contribution in [0.1, 0.15) is 24.3 Å². The first-order chi connectivity index (χ1) is 8.03. The Balaban J connectivity index is 2.17. The third-order valence-corrected chi connectivity index (χ3v) is 3.18. The molecule has 0 radical (unpaired) electrons. The van der Waals surface area contributed by atoms with E-state index in [1.165, 1.54) is 4.88 Å². The first kappa shape index (κ1) is 14.5. The third kappa shape index (κ3) is 6.05. The van der Waals surface area contributed by atoms with Crippen molar-refractivity contribution in [2.75, 3.05) is 19.8 Å². The predicted octanol–water partition coefficient (Wildman–Crippen LogP) is 3.37. The fraction of sp³-hybridized carbons (Fsp3) is 0.636. The van der Waals surface area contributed by atoms with Crippen molar-refractivity contribution in [1.29, 1.82) is 0 Å². The average molecular weight is 267 g/mol. The van der Waals surface area contributed by atoms with E-state index < -0.39 is 12.8 Å². The van der Waals surface area contributed by atoms with E-state index in [4.69, 9.17) is 0 Å². The Labute approximate surface area is 103 Å². The molecule has 1 atom stereocenters. The molecule has 2 nitrogen and oxygen atoms in total. The van der Waals surface area contributed by atoms with Crippen molar-refractivity contribution in [2.45, 2.75) is 25.6 Å². The maximum absolute atomic E-state index is 11.8. The molecule has 17 heavy (non-hydrogen) atoms. The maximum Gasteiger partial charge on any atom is 0.411 e. The lowest BCUT2D eigenvalue weighted by Crippen LogP contribution is -2.26. The molecule has 0 saturated heterocycles. The van der Waals surface area contributed by atoms with Gasteiger partial charge < -0.3 is 10.1 Å². The van der Waals surface area contributed by atoms with Gasteiger partial charge in [-0.3, -0.25) is 0 Å². The molecule has 0 aliphatic rings. The monoisotopic (exact) mass is 267 g/mol. The van der Waals surface area contributed by atoms with E-state index in [1.54, 1.807) is 11.3 Å². The van der Waals surface area contributed by atoms with Gasteiger partial charge in [0, 0.05) is 17.5 Å². The topological polar surface area (TPSA) is 21.3 Å². The summed E-state index contributed by atoms with van der Waals surface area (Å²) in [4.78, 5) is 1.20. The fourth-order valence-corrected chi connectivity index (χ4v) is 2.31. The lowest BCUT2D eigenvalue weighted by molar-refractivity contribution is -0.173. The molecule has 1 unspecified atom stereocenters. The standard InChI is InChI=1S/C11H16F3NOS/c1-2-9(10-4-3-7-17-10)15-5-6-16-8-11(12,13)14/h3-4,7,9,15H,2,5-6,8H2,1H3. The number of halogens is 3. The molecular formula is C11H16F3NOS. The highest BCUT2D eigenvalue weighted by atomic mass is 32.1. The molecule has 0 aromatic carbocycles. The number of alkyl halides is 3. The SMILES string of the molecule is CCC(NCCOCC(F)(F)F)c1cccs1. The largest absolute Gasteiger partial charge is 0.411 e. The smallest absolute Gasteiger partial charge is 0.371 e. The summed E-state index contributed by atoms with van der Waals surface area (Å²) >= 11 is 1.64. The van der Waals surface area contributed by atoms with E-state index in [-0.39, 0.29) is 12.6 Å². The van der Waals surface area contributed by atoms with Crippen LogP contribution < -0.4 is 5.32 Å². The molecule has 0 amide bonds. The van der Waals surface area contributed by atoms with Gasteiger partial charge in [0.05, 0.1) is 6.61 Å². The van der Waals surface area contributed by atoms with Crippen molar-refractivity contribution >= 4 is 11.3 Å². The number of hydrogen-bond acceptors (Lipinski definition) is 3. The van der Waals surface area contributed by atoms with E-state index >= 15 is 0 Å². The lowest BCUT2D eigenvalue weighted by atomic mass is 10.2. The Morgan fingerprint density at radius 1 is 1.47 bits per heavy atom. The number of rotatable bonds is 7. The van der Waals surface area contributed by atoms with Crippen molar-refractivity contribution in [2.24, 2.45) is 0 Å². The summed E-state index contributed by atoms with van der Waals surface area (Å²) in [6.45, 7) is 1.35. The average Bonchev–Trinajstić information content (AvgIpc) is 2.75. The van der Waals surface area contributed by atoms with E-state index in [1.807, 2.05) is 24.4 Å². The molecule has 6 heteroatoms. The molecule has 1 rings (SSSR count). The van der Waals surface area contributed by atoms with Crippen LogP contribution in [0.2, 0.25) is 0 Å². The summed E-state index contributed by atoms with van der Waals surface area (Å²) in [5.74, 6) is 0. The fourth-order valence-electron chi connectivity index (χ4n) is 1.43. The van der Waals surface area contributed by atoms with Gasteiger partial charge in [0.15, 0.2) is 0 Å². The van der Waals surface area contributed by atoms with E-state index in [0.29, 0.717) is 6.54 Å². The van der Waals surface area contributed by atoms with Crippen LogP contribution in [0.5, 0.6) is 0 Å². The number of thiophene rings is 1. The van der Waals surface area contributed by atoms with Gasteiger partial charge in [0.25, 0.3) is 0 Å². The van der Waals surface area contributed by atoms with Crippen LogP contribution in [-0.4, -0.2) is 25.9 Å². The second-order valence-electron chi connectivity index (χ2n) is 3.60. The summed E-state index contributed by atoms with van der Waals surface area (Å²) < 4.78 is 39.9. The van der Waals surface area contributed by atoms with Gasteiger partial charge in [0.1, 0.15) is 6.61 Å². The van der Waals surface area contributed by atoms with Crippen molar-refractivity contribution in [1.82, 2.24) is 5.32 Å². The van der Waals surface area contributed by atoms with Gasteiger partial charge in [-0.05, 0) is 17.9 Å². The first-order valence-electron chi connectivity index (χ1n) is 5.44. The van der Waals surface area contributed by atoms with Crippen LogP contribution in [-0.2, 0) is 4.74 Å².